The molecule has 0 fully saturated rings. The number of hydrogen-bond donors (Lipinski definition) is 1. The third-order valence-corrected chi connectivity index (χ3v) is 2.49. The van der Waals surface area contributed by atoms with Crippen LogP contribution in [-0.2, 0) is 9.53 Å². The van der Waals surface area contributed by atoms with E-state index in [-0.39, 0.29) is 11.9 Å². The van der Waals surface area contributed by atoms with Gasteiger partial charge in [-0.3, -0.25) is 4.79 Å². The van der Waals surface area contributed by atoms with E-state index < -0.39 is 0 Å². The fourth-order valence-corrected chi connectivity index (χ4v) is 1.38. The van der Waals surface area contributed by atoms with Crippen LogP contribution in [0.4, 0.5) is 5.69 Å². The molecule has 0 aliphatic carbocycles. The van der Waals surface area contributed by atoms with Gasteiger partial charge < -0.3 is 10.5 Å². The molecule has 3 nitrogen and oxygen atoms in total. The first-order valence-electron chi connectivity index (χ1n) is 5.56. The van der Waals surface area contributed by atoms with E-state index in [0.29, 0.717) is 18.5 Å². The molecule has 0 aromatic heterocycles. The predicted octanol–water partition coefficient (Wildman–Crippen LogP) is 2.21. The van der Waals surface area contributed by atoms with Crippen LogP contribution in [0, 0.1) is 17.8 Å². The van der Waals surface area contributed by atoms with Crippen molar-refractivity contribution >= 4 is 11.7 Å². The van der Waals surface area contributed by atoms with Crippen molar-refractivity contribution in [3.05, 3.63) is 29.8 Å². The largest absolute Gasteiger partial charge is 0.469 e. The number of benzene rings is 1. The summed E-state index contributed by atoms with van der Waals surface area (Å²) < 4.78 is 4.64. The highest BCUT2D eigenvalue weighted by molar-refractivity contribution is 5.71. The average Bonchev–Trinajstić information content (AvgIpc) is 2.35. The van der Waals surface area contributed by atoms with Crippen molar-refractivity contribution in [3.8, 4) is 11.8 Å². The number of anilines is 1. The van der Waals surface area contributed by atoms with E-state index in [1.807, 2.05) is 31.2 Å². The molecular weight excluding hydrogens is 214 g/mol. The third kappa shape index (κ3) is 4.20. The van der Waals surface area contributed by atoms with E-state index in [1.165, 1.54) is 7.11 Å². The van der Waals surface area contributed by atoms with Crippen LogP contribution in [0.1, 0.15) is 25.3 Å². The number of hydrogen-bond acceptors (Lipinski definition) is 3. The summed E-state index contributed by atoms with van der Waals surface area (Å²) in [6.45, 7) is 1.84. The lowest BCUT2D eigenvalue weighted by Gasteiger charge is -2.05. The zero-order chi connectivity index (χ0) is 12.7. The van der Waals surface area contributed by atoms with Crippen LogP contribution in [0.15, 0.2) is 24.3 Å². The van der Waals surface area contributed by atoms with Crippen molar-refractivity contribution in [2.45, 2.75) is 19.8 Å². The zero-order valence-electron chi connectivity index (χ0n) is 10.2. The first-order chi connectivity index (χ1) is 8.15. The highest BCUT2D eigenvalue weighted by Crippen LogP contribution is 2.09. The summed E-state index contributed by atoms with van der Waals surface area (Å²) in [4.78, 5) is 11.1. The summed E-state index contributed by atoms with van der Waals surface area (Å²) in [7, 11) is 1.40. The Hall–Kier alpha value is -1.95. The number of methoxy groups -OCH3 is 1. The lowest BCUT2D eigenvalue weighted by atomic mass is 10.1. The summed E-state index contributed by atoms with van der Waals surface area (Å²) >= 11 is 0. The molecule has 2 N–H and O–H groups in total. The summed E-state index contributed by atoms with van der Waals surface area (Å²) in [6.07, 6.45) is 1.36. The topological polar surface area (TPSA) is 52.3 Å². The maximum Gasteiger partial charge on any atom is 0.308 e. The van der Waals surface area contributed by atoms with E-state index >= 15 is 0 Å². The van der Waals surface area contributed by atoms with Gasteiger partial charge in [0.2, 0.25) is 0 Å². The Morgan fingerprint density at radius 1 is 1.47 bits per heavy atom. The van der Waals surface area contributed by atoms with Crippen LogP contribution in [0.3, 0.4) is 0 Å². The summed E-state index contributed by atoms with van der Waals surface area (Å²) in [6, 6.07) is 7.48. The van der Waals surface area contributed by atoms with Crippen LogP contribution < -0.4 is 5.73 Å². The molecule has 0 spiro atoms. The predicted molar refractivity (Wildman–Crippen MR) is 68.1 cm³/mol. The Labute approximate surface area is 102 Å². The minimum atomic E-state index is -0.189. The minimum Gasteiger partial charge on any atom is -0.469 e. The van der Waals surface area contributed by atoms with Gasteiger partial charge in [-0.15, -0.1) is 0 Å². The van der Waals surface area contributed by atoms with Gasteiger partial charge in [0.15, 0.2) is 0 Å². The minimum absolute atomic E-state index is 0.109. The fraction of sp³-hybridized carbons (Fsp3) is 0.357. The van der Waals surface area contributed by atoms with Gasteiger partial charge in [0.05, 0.1) is 13.0 Å². The smallest absolute Gasteiger partial charge is 0.308 e. The highest BCUT2D eigenvalue weighted by Gasteiger charge is 2.11. The number of carbonyl (C=O) groups excluding carboxylic acids is 1. The molecule has 0 amide bonds. The van der Waals surface area contributed by atoms with Gasteiger partial charge in [0.25, 0.3) is 0 Å². The monoisotopic (exact) mass is 231 g/mol. The molecule has 1 aromatic carbocycles. The molecule has 0 aliphatic heterocycles. The summed E-state index contributed by atoms with van der Waals surface area (Å²) in [5.41, 5.74) is 7.27. The van der Waals surface area contributed by atoms with Gasteiger partial charge in [-0.2, -0.15) is 0 Å². The maximum absolute atomic E-state index is 11.1. The normalized spacial score (nSPS) is 11.2. The van der Waals surface area contributed by atoms with Crippen LogP contribution >= 0.6 is 0 Å². The quantitative estimate of drug-likeness (QED) is 0.493. The van der Waals surface area contributed by atoms with Crippen LogP contribution in [0.25, 0.3) is 0 Å². The molecule has 1 atom stereocenters. The first-order valence-corrected chi connectivity index (χ1v) is 5.56. The Bertz CT molecular complexity index is 443. The number of esters is 1. The molecule has 0 radical (unpaired) electrons. The van der Waals surface area contributed by atoms with E-state index in [0.717, 1.165) is 5.56 Å². The van der Waals surface area contributed by atoms with Crippen molar-refractivity contribution in [3.63, 3.8) is 0 Å². The Morgan fingerprint density at radius 3 is 2.82 bits per heavy atom. The Morgan fingerprint density at radius 2 is 2.18 bits per heavy atom. The van der Waals surface area contributed by atoms with E-state index in [2.05, 4.69) is 16.6 Å². The molecule has 3 heteroatoms. The van der Waals surface area contributed by atoms with Crippen LogP contribution in [0.2, 0.25) is 0 Å². The highest BCUT2D eigenvalue weighted by atomic mass is 16.5. The molecule has 1 rings (SSSR count). The zero-order valence-corrected chi connectivity index (χ0v) is 10.2. The second kappa shape index (κ2) is 6.59. The summed E-state index contributed by atoms with van der Waals surface area (Å²) in [5, 5.41) is 0. The first kappa shape index (κ1) is 13.1. The molecule has 1 unspecified atom stereocenters. The lowest BCUT2D eigenvalue weighted by Crippen LogP contribution is -2.11. The third-order valence-electron chi connectivity index (χ3n) is 2.49. The van der Waals surface area contributed by atoms with Gasteiger partial charge in [-0.25, -0.2) is 0 Å². The van der Waals surface area contributed by atoms with Gasteiger partial charge in [0.1, 0.15) is 0 Å². The Balaban J connectivity index is 2.47. The molecule has 0 aliphatic rings. The van der Waals surface area contributed by atoms with Crippen molar-refractivity contribution in [1.29, 1.82) is 0 Å². The summed E-state index contributed by atoms with van der Waals surface area (Å²) in [5.74, 6) is 5.71. The molecule has 0 bridgehead atoms. The molecule has 0 heterocycles. The van der Waals surface area contributed by atoms with Gasteiger partial charge in [0, 0.05) is 17.7 Å². The number of para-hydroxylation sites is 1. The van der Waals surface area contributed by atoms with Gasteiger partial charge >= 0.3 is 5.97 Å². The molecule has 17 heavy (non-hydrogen) atoms. The van der Waals surface area contributed by atoms with Gasteiger partial charge in [-0.05, 0) is 18.6 Å². The van der Waals surface area contributed by atoms with Crippen molar-refractivity contribution in [2.75, 3.05) is 12.8 Å². The maximum atomic E-state index is 11.1. The van der Waals surface area contributed by atoms with Crippen molar-refractivity contribution in [2.24, 2.45) is 5.92 Å². The van der Waals surface area contributed by atoms with Crippen LogP contribution in [-0.4, -0.2) is 13.1 Å². The second-order valence-corrected chi connectivity index (χ2v) is 3.85. The average molecular weight is 231 g/mol. The van der Waals surface area contributed by atoms with Crippen molar-refractivity contribution in [1.82, 2.24) is 0 Å². The molecule has 1 aromatic rings. The van der Waals surface area contributed by atoms with E-state index in [9.17, 15) is 4.79 Å². The van der Waals surface area contributed by atoms with E-state index in [4.69, 9.17) is 5.73 Å². The molecule has 0 saturated heterocycles. The van der Waals surface area contributed by atoms with Gasteiger partial charge in [-0.1, -0.05) is 30.9 Å². The molecular formula is C14H17NO2. The number of nitrogen functional groups attached to an aromatic ring is 1. The second-order valence-electron chi connectivity index (χ2n) is 3.85. The molecule has 90 valence electrons. The SMILES string of the molecule is COC(=O)C(C)CCC#Cc1ccccc1N. The standard InChI is InChI=1S/C14H17NO2/c1-11(14(16)17-2)7-3-4-8-12-9-5-6-10-13(12)15/h5-6,9-11H,3,7,15H2,1-2H3. The van der Waals surface area contributed by atoms with Crippen LogP contribution in [0.5, 0.6) is 0 Å². The number of carbonyl (C=O) groups is 1. The van der Waals surface area contributed by atoms with Crippen molar-refractivity contribution < 1.29 is 9.53 Å². The Kier molecular flexibility index (Phi) is 5.09. The number of rotatable bonds is 3. The number of ether oxygens (including phenoxy) is 1. The number of nitrogens with two attached hydrogens (primary N) is 1. The molecule has 0 saturated carbocycles. The lowest BCUT2D eigenvalue weighted by molar-refractivity contribution is -0.144. The van der Waals surface area contributed by atoms with E-state index in [1.54, 1.807) is 0 Å². The fourth-order valence-electron chi connectivity index (χ4n) is 1.38.